The van der Waals surface area contributed by atoms with Gasteiger partial charge in [-0.1, -0.05) is 24.3 Å². The minimum Gasteiger partial charge on any atom is -0.395 e. The zero-order valence-corrected chi connectivity index (χ0v) is 15.7. The number of benzene rings is 1. The van der Waals surface area contributed by atoms with Crippen molar-refractivity contribution in [2.75, 3.05) is 24.7 Å². The molecule has 2 nitrogen and oxygen atoms in total. The van der Waals surface area contributed by atoms with E-state index in [0.717, 1.165) is 24.3 Å². The van der Waals surface area contributed by atoms with E-state index in [4.69, 9.17) is 0 Å². The summed E-state index contributed by atoms with van der Waals surface area (Å²) < 4.78 is 1.15. The number of hydrogen-bond acceptors (Lipinski definition) is 6. The number of aliphatic hydroxyl groups excluding tert-OH is 2. The summed E-state index contributed by atoms with van der Waals surface area (Å²) in [5.41, 5.74) is 2.92. The second-order valence-corrected chi connectivity index (χ2v) is 11.7. The first kappa shape index (κ1) is 17.4. The Bertz CT molecular complexity index is 442. The van der Waals surface area contributed by atoms with Crippen molar-refractivity contribution in [3.05, 3.63) is 35.4 Å². The number of rotatable bonds is 6. The summed E-state index contributed by atoms with van der Waals surface area (Å²) in [7, 11) is 0. The predicted molar refractivity (Wildman–Crippen MR) is 103 cm³/mol. The summed E-state index contributed by atoms with van der Waals surface area (Å²) in [6.07, 6.45) is 2.18. The first-order valence-electron chi connectivity index (χ1n) is 7.61. The molecule has 2 N–H and O–H groups in total. The summed E-state index contributed by atoms with van der Waals surface area (Å²) in [6, 6.07) is 8.79. The van der Waals surface area contributed by atoms with E-state index in [1.807, 2.05) is 47.0 Å². The molecule has 0 saturated carbocycles. The fraction of sp³-hybridized carbons (Fsp3) is 0.625. The molecule has 2 aliphatic rings. The van der Waals surface area contributed by atoms with Crippen LogP contribution in [0.2, 0.25) is 0 Å². The largest absolute Gasteiger partial charge is 0.395 e. The van der Waals surface area contributed by atoms with Crippen molar-refractivity contribution in [3.8, 4) is 0 Å². The highest BCUT2D eigenvalue weighted by Crippen LogP contribution is 2.42. The molecule has 2 saturated heterocycles. The van der Waals surface area contributed by atoms with E-state index in [0.29, 0.717) is 32.9 Å². The Labute approximate surface area is 149 Å². The van der Waals surface area contributed by atoms with Gasteiger partial charge in [0.25, 0.3) is 0 Å². The van der Waals surface area contributed by atoms with Crippen LogP contribution in [0.1, 0.15) is 11.1 Å². The molecule has 122 valence electrons. The molecule has 0 aromatic heterocycles. The molecule has 2 heterocycles. The molecule has 1 aromatic carbocycles. The van der Waals surface area contributed by atoms with E-state index in [9.17, 15) is 10.2 Å². The van der Waals surface area contributed by atoms with E-state index < -0.39 is 0 Å². The van der Waals surface area contributed by atoms with Crippen LogP contribution in [-0.4, -0.2) is 54.6 Å². The van der Waals surface area contributed by atoms with E-state index in [1.165, 1.54) is 11.1 Å². The van der Waals surface area contributed by atoms with Crippen LogP contribution >= 0.6 is 47.0 Å². The topological polar surface area (TPSA) is 40.5 Å². The maximum atomic E-state index is 9.28. The van der Waals surface area contributed by atoms with Crippen molar-refractivity contribution in [1.29, 1.82) is 0 Å². The molecule has 6 heteroatoms. The Hall–Kier alpha value is 0.540. The van der Waals surface area contributed by atoms with Crippen LogP contribution in [0.5, 0.6) is 0 Å². The SMILES string of the molecule is OCC1CSC(Cc2ccccc2CC2SCC(CO)S2)S1. The van der Waals surface area contributed by atoms with Crippen molar-refractivity contribution in [2.45, 2.75) is 32.5 Å². The molecule has 0 spiro atoms. The standard InChI is InChI=1S/C16H22O2S4/c17-7-13-9-19-15(21-13)5-11-3-1-2-4-12(11)6-16-20-10-14(8-18)22-16/h1-4,13-18H,5-10H2. The van der Waals surface area contributed by atoms with Crippen molar-refractivity contribution in [1.82, 2.24) is 0 Å². The molecule has 4 atom stereocenters. The lowest BCUT2D eigenvalue weighted by Gasteiger charge is -2.16. The molecule has 0 aliphatic carbocycles. The molecule has 3 rings (SSSR count). The lowest BCUT2D eigenvalue weighted by atomic mass is 10.0. The molecular weight excluding hydrogens is 352 g/mol. The third kappa shape index (κ3) is 4.54. The maximum Gasteiger partial charge on any atom is 0.0558 e. The van der Waals surface area contributed by atoms with Crippen LogP contribution in [0, 0.1) is 0 Å². The van der Waals surface area contributed by atoms with Gasteiger partial charge in [0, 0.05) is 22.0 Å². The maximum absolute atomic E-state index is 9.28. The molecule has 0 radical (unpaired) electrons. The van der Waals surface area contributed by atoms with Gasteiger partial charge >= 0.3 is 0 Å². The highest BCUT2D eigenvalue weighted by molar-refractivity contribution is 8.20. The third-order valence-electron chi connectivity index (χ3n) is 3.92. The van der Waals surface area contributed by atoms with E-state index >= 15 is 0 Å². The fourth-order valence-electron chi connectivity index (χ4n) is 2.74. The second-order valence-electron chi connectivity index (χ2n) is 5.58. The normalized spacial score (nSPS) is 31.7. The number of thioether (sulfide) groups is 4. The van der Waals surface area contributed by atoms with Gasteiger partial charge in [0.1, 0.15) is 0 Å². The molecule has 0 bridgehead atoms. The first-order valence-corrected chi connectivity index (χ1v) is 11.6. The Balaban J connectivity index is 1.60. The van der Waals surface area contributed by atoms with Gasteiger partial charge in [-0.2, -0.15) is 0 Å². The quantitative estimate of drug-likeness (QED) is 0.797. The molecule has 22 heavy (non-hydrogen) atoms. The monoisotopic (exact) mass is 374 g/mol. The zero-order valence-electron chi connectivity index (χ0n) is 12.4. The first-order chi connectivity index (χ1) is 10.8. The van der Waals surface area contributed by atoms with Crippen molar-refractivity contribution in [3.63, 3.8) is 0 Å². The average molecular weight is 375 g/mol. The minimum atomic E-state index is 0.299. The number of aliphatic hydroxyl groups is 2. The van der Waals surface area contributed by atoms with E-state index in [-0.39, 0.29) is 0 Å². The van der Waals surface area contributed by atoms with Gasteiger partial charge in [-0.3, -0.25) is 0 Å². The smallest absolute Gasteiger partial charge is 0.0558 e. The van der Waals surface area contributed by atoms with E-state index in [2.05, 4.69) is 24.3 Å². The Morgan fingerprint density at radius 1 is 0.818 bits per heavy atom. The van der Waals surface area contributed by atoms with Gasteiger partial charge < -0.3 is 10.2 Å². The summed E-state index contributed by atoms with van der Waals surface area (Å²) >= 11 is 7.83. The summed E-state index contributed by atoms with van der Waals surface area (Å²) in [5.74, 6) is 2.14. The Morgan fingerprint density at radius 2 is 1.27 bits per heavy atom. The molecule has 1 aromatic rings. The highest BCUT2D eigenvalue weighted by Gasteiger charge is 2.28. The Kier molecular flexibility index (Phi) is 6.77. The second kappa shape index (κ2) is 8.58. The number of hydrogen-bond donors (Lipinski definition) is 2. The summed E-state index contributed by atoms with van der Waals surface area (Å²) in [6.45, 7) is 0.599. The van der Waals surface area contributed by atoms with Gasteiger partial charge in [-0.05, 0) is 24.0 Å². The van der Waals surface area contributed by atoms with Gasteiger partial charge in [0.2, 0.25) is 0 Å². The average Bonchev–Trinajstić information content (AvgIpc) is 3.18. The van der Waals surface area contributed by atoms with Gasteiger partial charge in [0.15, 0.2) is 0 Å². The molecular formula is C16H22O2S4. The van der Waals surface area contributed by atoms with Gasteiger partial charge in [-0.15, -0.1) is 47.0 Å². The zero-order chi connectivity index (χ0) is 15.4. The molecule has 2 fully saturated rings. The van der Waals surface area contributed by atoms with Gasteiger partial charge in [0.05, 0.1) is 22.4 Å². The van der Waals surface area contributed by atoms with Crippen LogP contribution in [0.25, 0.3) is 0 Å². The van der Waals surface area contributed by atoms with Crippen molar-refractivity contribution in [2.24, 2.45) is 0 Å². The predicted octanol–water partition coefficient (Wildman–Crippen LogP) is 3.11. The minimum absolute atomic E-state index is 0.299. The van der Waals surface area contributed by atoms with E-state index in [1.54, 1.807) is 0 Å². The van der Waals surface area contributed by atoms with Crippen LogP contribution < -0.4 is 0 Å². The van der Waals surface area contributed by atoms with Gasteiger partial charge in [-0.25, -0.2) is 0 Å². The Morgan fingerprint density at radius 3 is 1.64 bits per heavy atom. The summed E-state index contributed by atoms with van der Waals surface area (Å²) in [5, 5.41) is 19.4. The lowest BCUT2D eigenvalue weighted by molar-refractivity contribution is 0.301. The fourth-order valence-corrected chi connectivity index (χ4v) is 9.13. The third-order valence-corrected chi connectivity index (χ3v) is 10.4. The van der Waals surface area contributed by atoms with Crippen LogP contribution in [0.4, 0.5) is 0 Å². The van der Waals surface area contributed by atoms with Crippen LogP contribution in [-0.2, 0) is 12.8 Å². The molecule has 0 amide bonds. The lowest BCUT2D eigenvalue weighted by Crippen LogP contribution is -2.09. The summed E-state index contributed by atoms with van der Waals surface area (Å²) in [4.78, 5) is 0. The van der Waals surface area contributed by atoms with Crippen molar-refractivity contribution < 1.29 is 10.2 Å². The highest BCUT2D eigenvalue weighted by atomic mass is 32.2. The van der Waals surface area contributed by atoms with Crippen LogP contribution in [0.3, 0.4) is 0 Å². The molecule has 4 unspecified atom stereocenters. The van der Waals surface area contributed by atoms with Crippen LogP contribution in [0.15, 0.2) is 24.3 Å². The van der Waals surface area contributed by atoms with Crippen molar-refractivity contribution >= 4 is 47.0 Å². The molecule has 2 aliphatic heterocycles.